The van der Waals surface area contributed by atoms with Crippen molar-refractivity contribution in [3.05, 3.63) is 29.8 Å². The predicted molar refractivity (Wildman–Crippen MR) is 75.1 cm³/mol. The molecule has 0 saturated carbocycles. The van der Waals surface area contributed by atoms with Crippen molar-refractivity contribution in [3.63, 3.8) is 0 Å². The molecule has 21 heavy (non-hydrogen) atoms. The van der Waals surface area contributed by atoms with Crippen molar-refractivity contribution in [2.24, 2.45) is 0 Å². The minimum absolute atomic E-state index is 0.133. The second-order valence-electron chi connectivity index (χ2n) is 5.38. The van der Waals surface area contributed by atoms with E-state index in [2.05, 4.69) is 4.90 Å². The quantitative estimate of drug-likeness (QED) is 0.843. The number of imide groups is 1. The molecule has 1 aromatic carbocycles. The topological polar surface area (TPSA) is 77.9 Å². The molecule has 0 spiro atoms. The van der Waals surface area contributed by atoms with E-state index in [1.807, 2.05) is 0 Å². The Balaban J connectivity index is 1.82. The Kier molecular flexibility index (Phi) is 3.47. The summed E-state index contributed by atoms with van der Waals surface area (Å²) in [4.78, 5) is 38.7. The Hall–Kier alpha value is -2.21. The Morgan fingerprint density at radius 3 is 2.29 bits per heavy atom. The molecule has 0 radical (unpaired) electrons. The van der Waals surface area contributed by atoms with Crippen LogP contribution in [0, 0.1) is 0 Å². The Bertz CT molecular complexity index is 590. The standard InChI is InChI=1S/C15H16N2O4/c18-13-9-12(16-7-1-2-8-16)14(19)17(13)11-5-3-10(4-6-11)15(20)21/h3-6,12H,1-2,7-9H2,(H,20,21). The highest BCUT2D eigenvalue weighted by atomic mass is 16.4. The Morgan fingerprint density at radius 2 is 1.71 bits per heavy atom. The number of carboxylic acids is 1. The maximum absolute atomic E-state index is 12.5. The van der Waals surface area contributed by atoms with Gasteiger partial charge in [0.2, 0.25) is 5.91 Å². The largest absolute Gasteiger partial charge is 0.478 e. The molecule has 1 aromatic rings. The molecule has 2 aliphatic rings. The molecule has 2 heterocycles. The monoisotopic (exact) mass is 288 g/mol. The van der Waals surface area contributed by atoms with E-state index >= 15 is 0 Å². The van der Waals surface area contributed by atoms with Gasteiger partial charge in [0.15, 0.2) is 0 Å². The van der Waals surface area contributed by atoms with Crippen LogP contribution in [0.1, 0.15) is 29.6 Å². The summed E-state index contributed by atoms with van der Waals surface area (Å²) in [6.45, 7) is 1.71. The summed E-state index contributed by atoms with van der Waals surface area (Å²) in [6.07, 6.45) is 2.33. The molecular weight excluding hydrogens is 272 g/mol. The molecule has 110 valence electrons. The number of nitrogens with zero attached hydrogens (tertiary/aromatic N) is 2. The third kappa shape index (κ3) is 2.42. The maximum atomic E-state index is 12.5. The molecule has 6 nitrogen and oxygen atoms in total. The van der Waals surface area contributed by atoms with E-state index < -0.39 is 5.97 Å². The van der Waals surface area contributed by atoms with Crippen molar-refractivity contribution in [3.8, 4) is 0 Å². The summed E-state index contributed by atoms with van der Waals surface area (Å²) in [5.41, 5.74) is 0.575. The van der Waals surface area contributed by atoms with E-state index in [1.165, 1.54) is 29.2 Å². The smallest absolute Gasteiger partial charge is 0.335 e. The molecule has 0 aromatic heterocycles. The van der Waals surface area contributed by atoms with Crippen LogP contribution < -0.4 is 4.90 Å². The first-order valence-electron chi connectivity index (χ1n) is 7.02. The molecule has 2 saturated heterocycles. The van der Waals surface area contributed by atoms with Crippen LogP contribution in [-0.2, 0) is 9.59 Å². The number of benzene rings is 1. The molecule has 6 heteroatoms. The van der Waals surface area contributed by atoms with Crippen LogP contribution in [0.15, 0.2) is 24.3 Å². The number of anilines is 1. The van der Waals surface area contributed by atoms with Gasteiger partial charge in [-0.15, -0.1) is 0 Å². The van der Waals surface area contributed by atoms with Crippen LogP contribution in [0.25, 0.3) is 0 Å². The number of amides is 2. The van der Waals surface area contributed by atoms with Crippen molar-refractivity contribution in [1.29, 1.82) is 0 Å². The Morgan fingerprint density at radius 1 is 1.10 bits per heavy atom. The van der Waals surface area contributed by atoms with Crippen LogP contribution >= 0.6 is 0 Å². The van der Waals surface area contributed by atoms with E-state index in [0.717, 1.165) is 25.9 Å². The number of hydrogen-bond donors (Lipinski definition) is 1. The van der Waals surface area contributed by atoms with Crippen molar-refractivity contribution in [2.45, 2.75) is 25.3 Å². The third-order valence-corrected chi connectivity index (χ3v) is 4.08. The molecule has 2 aliphatic heterocycles. The van der Waals surface area contributed by atoms with Gasteiger partial charge < -0.3 is 5.11 Å². The molecule has 3 rings (SSSR count). The molecular formula is C15H16N2O4. The average Bonchev–Trinajstić information content (AvgIpc) is 3.07. The molecule has 0 bridgehead atoms. The number of carbonyl (C=O) groups excluding carboxylic acids is 2. The second-order valence-corrected chi connectivity index (χ2v) is 5.38. The first kappa shape index (κ1) is 13.8. The summed E-state index contributed by atoms with van der Waals surface area (Å²) in [7, 11) is 0. The highest BCUT2D eigenvalue weighted by Crippen LogP contribution is 2.27. The van der Waals surface area contributed by atoms with E-state index in [1.54, 1.807) is 0 Å². The van der Waals surface area contributed by atoms with Gasteiger partial charge in [-0.05, 0) is 50.2 Å². The van der Waals surface area contributed by atoms with Gasteiger partial charge in [0.25, 0.3) is 5.91 Å². The van der Waals surface area contributed by atoms with Crippen LogP contribution in [0.5, 0.6) is 0 Å². The van der Waals surface area contributed by atoms with Gasteiger partial charge in [0.05, 0.1) is 23.7 Å². The zero-order valence-electron chi connectivity index (χ0n) is 11.5. The minimum atomic E-state index is -1.03. The Labute approximate surface area is 122 Å². The summed E-state index contributed by atoms with van der Waals surface area (Å²) >= 11 is 0. The predicted octanol–water partition coefficient (Wildman–Crippen LogP) is 1.11. The minimum Gasteiger partial charge on any atom is -0.478 e. The zero-order chi connectivity index (χ0) is 15.0. The highest BCUT2D eigenvalue weighted by molar-refractivity contribution is 6.22. The summed E-state index contributed by atoms with van der Waals surface area (Å²) in [5, 5.41) is 8.88. The zero-order valence-corrected chi connectivity index (χ0v) is 11.5. The third-order valence-electron chi connectivity index (χ3n) is 4.08. The lowest BCUT2D eigenvalue weighted by Gasteiger charge is -2.21. The number of carboxylic acid groups (broad SMARTS) is 1. The fraction of sp³-hybridized carbons (Fsp3) is 0.400. The fourth-order valence-electron chi connectivity index (χ4n) is 2.98. The average molecular weight is 288 g/mol. The number of carbonyl (C=O) groups is 3. The van der Waals surface area contributed by atoms with Crippen LogP contribution in [0.3, 0.4) is 0 Å². The van der Waals surface area contributed by atoms with E-state index in [9.17, 15) is 14.4 Å². The van der Waals surface area contributed by atoms with Crippen molar-refractivity contribution in [2.75, 3.05) is 18.0 Å². The van der Waals surface area contributed by atoms with E-state index in [0.29, 0.717) is 5.69 Å². The molecule has 2 amide bonds. The fourth-order valence-corrected chi connectivity index (χ4v) is 2.98. The van der Waals surface area contributed by atoms with Gasteiger partial charge >= 0.3 is 5.97 Å². The van der Waals surface area contributed by atoms with Gasteiger partial charge in [0.1, 0.15) is 0 Å². The van der Waals surface area contributed by atoms with Gasteiger partial charge in [-0.1, -0.05) is 0 Å². The number of hydrogen-bond acceptors (Lipinski definition) is 4. The number of likely N-dealkylation sites (tertiary alicyclic amines) is 1. The number of aromatic carboxylic acids is 1. The molecule has 1 unspecified atom stereocenters. The van der Waals surface area contributed by atoms with Crippen LogP contribution in [-0.4, -0.2) is 46.9 Å². The summed E-state index contributed by atoms with van der Waals surface area (Å²) in [6, 6.07) is 5.46. The highest BCUT2D eigenvalue weighted by Gasteiger charge is 2.43. The normalized spacial score (nSPS) is 23.0. The van der Waals surface area contributed by atoms with E-state index in [4.69, 9.17) is 5.11 Å². The molecule has 1 N–H and O–H groups in total. The lowest BCUT2D eigenvalue weighted by molar-refractivity contribution is -0.122. The van der Waals surface area contributed by atoms with Gasteiger partial charge in [0, 0.05) is 0 Å². The van der Waals surface area contributed by atoms with Crippen LogP contribution in [0.2, 0.25) is 0 Å². The molecule has 2 fully saturated rings. The lowest BCUT2D eigenvalue weighted by atomic mass is 10.2. The molecule has 0 aliphatic carbocycles. The second kappa shape index (κ2) is 5.29. The van der Waals surface area contributed by atoms with Gasteiger partial charge in [-0.25, -0.2) is 9.69 Å². The maximum Gasteiger partial charge on any atom is 0.335 e. The van der Waals surface area contributed by atoms with Crippen molar-refractivity contribution in [1.82, 2.24) is 4.90 Å². The number of rotatable bonds is 3. The van der Waals surface area contributed by atoms with Crippen LogP contribution in [0.4, 0.5) is 5.69 Å². The van der Waals surface area contributed by atoms with E-state index in [-0.39, 0.29) is 29.8 Å². The van der Waals surface area contributed by atoms with Gasteiger partial charge in [-0.3, -0.25) is 14.5 Å². The van der Waals surface area contributed by atoms with Crippen molar-refractivity contribution >= 4 is 23.5 Å². The summed E-state index contributed by atoms with van der Waals surface area (Å²) < 4.78 is 0. The first-order valence-corrected chi connectivity index (χ1v) is 7.02. The van der Waals surface area contributed by atoms with Gasteiger partial charge in [-0.2, -0.15) is 0 Å². The summed E-state index contributed by atoms with van der Waals surface area (Å²) in [5.74, 6) is -1.46. The van der Waals surface area contributed by atoms with Crippen molar-refractivity contribution < 1.29 is 19.5 Å². The SMILES string of the molecule is O=C(O)c1ccc(N2C(=O)CC(N3CCCC3)C2=O)cc1. The lowest BCUT2D eigenvalue weighted by Crippen LogP contribution is -2.40. The molecule has 1 atom stereocenters. The first-order chi connectivity index (χ1) is 10.1.